The van der Waals surface area contributed by atoms with E-state index >= 15 is 0 Å². The summed E-state index contributed by atoms with van der Waals surface area (Å²) in [6, 6.07) is 0. The van der Waals surface area contributed by atoms with Gasteiger partial charge in [-0.05, 0) is 12.8 Å². The minimum atomic E-state index is -1.59. The molecule has 3 fully saturated rings. The molecule has 3 N–H and O–H groups in total. The van der Waals surface area contributed by atoms with E-state index in [1.807, 2.05) is 0 Å². The average Bonchev–Trinajstić information content (AvgIpc) is 2.21. The second kappa shape index (κ2) is 2.67. The molecule has 3 rings (SSSR count). The highest BCUT2D eigenvalue weighted by Crippen LogP contribution is 2.35. The van der Waals surface area contributed by atoms with Crippen molar-refractivity contribution in [3.05, 3.63) is 0 Å². The zero-order valence-corrected chi connectivity index (χ0v) is 7.01. The van der Waals surface area contributed by atoms with Crippen LogP contribution < -0.4 is 0 Å². The zero-order chi connectivity index (χ0) is 9.64. The van der Waals surface area contributed by atoms with Crippen molar-refractivity contribution in [1.29, 1.82) is 0 Å². The van der Waals surface area contributed by atoms with Gasteiger partial charge in [0.2, 0.25) is 0 Å². The average molecular weight is 188 g/mol. The Labute approximate surface area is 74.9 Å². The highest BCUT2D eigenvalue weighted by atomic mass is 16.6. The molecule has 1 aliphatic carbocycles. The Morgan fingerprint density at radius 3 is 2.77 bits per heavy atom. The number of hydrogen-bond acceptors (Lipinski definition) is 5. The van der Waals surface area contributed by atoms with Crippen molar-refractivity contribution in [2.75, 3.05) is 0 Å². The molecule has 2 bridgehead atoms. The molecule has 0 radical (unpaired) electrons. The maximum absolute atomic E-state index is 11.2. The van der Waals surface area contributed by atoms with E-state index in [9.17, 15) is 20.1 Å². The summed E-state index contributed by atoms with van der Waals surface area (Å²) >= 11 is 0. The lowest BCUT2D eigenvalue weighted by Crippen LogP contribution is -2.45. The first-order chi connectivity index (χ1) is 6.03. The molecule has 5 heteroatoms. The smallest absolute Gasteiger partial charge is 0.338 e. The summed E-state index contributed by atoms with van der Waals surface area (Å²) in [4.78, 5) is 11.2. The lowest BCUT2D eigenvalue weighted by Gasteiger charge is -2.30. The van der Waals surface area contributed by atoms with Crippen LogP contribution in [0, 0.1) is 0 Å². The molecular formula is C8H12O5. The summed E-state index contributed by atoms with van der Waals surface area (Å²) in [7, 11) is 0. The van der Waals surface area contributed by atoms with Crippen molar-refractivity contribution in [2.24, 2.45) is 0 Å². The van der Waals surface area contributed by atoms with Crippen molar-refractivity contribution in [3.63, 3.8) is 0 Å². The number of fused-ring (bicyclic) bond motifs is 4. The van der Waals surface area contributed by atoms with Crippen molar-refractivity contribution in [1.82, 2.24) is 0 Å². The van der Waals surface area contributed by atoms with Crippen molar-refractivity contribution < 1.29 is 24.9 Å². The Hall–Kier alpha value is -0.650. The van der Waals surface area contributed by atoms with Gasteiger partial charge in [-0.25, -0.2) is 4.79 Å². The summed E-state index contributed by atoms with van der Waals surface area (Å²) in [5.41, 5.74) is -1.59. The molecule has 0 amide bonds. The van der Waals surface area contributed by atoms with E-state index in [0.29, 0.717) is 6.42 Å². The van der Waals surface area contributed by atoms with Crippen molar-refractivity contribution >= 4 is 5.97 Å². The molecule has 13 heavy (non-hydrogen) atoms. The van der Waals surface area contributed by atoms with Crippen LogP contribution in [-0.4, -0.2) is 45.2 Å². The van der Waals surface area contributed by atoms with E-state index in [2.05, 4.69) is 0 Å². The number of ether oxygens (including phenoxy) is 1. The second-order valence-electron chi connectivity index (χ2n) is 3.78. The van der Waals surface area contributed by atoms with Gasteiger partial charge in [-0.3, -0.25) is 0 Å². The standard InChI is InChI=1S/C8H12O5/c9-4-3-8(12)2-1-5(6(4)10)13-7(8)11/h4-6,9-10,12H,1-3H2. The van der Waals surface area contributed by atoms with Crippen molar-refractivity contribution in [3.8, 4) is 0 Å². The molecule has 1 saturated carbocycles. The van der Waals surface area contributed by atoms with Gasteiger partial charge >= 0.3 is 5.97 Å². The van der Waals surface area contributed by atoms with Gasteiger partial charge in [-0.1, -0.05) is 0 Å². The van der Waals surface area contributed by atoms with Crippen LogP contribution >= 0.6 is 0 Å². The molecular weight excluding hydrogens is 176 g/mol. The van der Waals surface area contributed by atoms with Crippen LogP contribution in [0.1, 0.15) is 19.3 Å². The molecule has 0 aromatic rings. The van der Waals surface area contributed by atoms with Gasteiger partial charge in [0.15, 0.2) is 5.60 Å². The summed E-state index contributed by atoms with van der Waals surface area (Å²) in [5.74, 6) is -0.723. The Morgan fingerprint density at radius 1 is 1.46 bits per heavy atom. The highest BCUT2D eigenvalue weighted by Gasteiger charge is 2.52. The predicted octanol–water partition coefficient (Wildman–Crippen LogP) is -1.45. The van der Waals surface area contributed by atoms with Crippen LogP contribution in [-0.2, 0) is 9.53 Å². The third-order valence-corrected chi connectivity index (χ3v) is 2.80. The molecule has 0 spiro atoms. The molecule has 74 valence electrons. The number of hydrogen-bond donors (Lipinski definition) is 3. The lowest BCUT2D eigenvalue weighted by molar-refractivity contribution is -0.182. The number of carbonyl (C=O) groups is 1. The van der Waals surface area contributed by atoms with Crippen LogP contribution in [0.4, 0.5) is 0 Å². The third-order valence-electron chi connectivity index (χ3n) is 2.80. The Morgan fingerprint density at radius 2 is 2.15 bits per heavy atom. The van der Waals surface area contributed by atoms with Crippen LogP contribution in [0.15, 0.2) is 0 Å². The fraction of sp³-hybridized carbons (Fsp3) is 0.875. The van der Waals surface area contributed by atoms with Crippen molar-refractivity contribution in [2.45, 2.75) is 43.2 Å². The first-order valence-corrected chi connectivity index (χ1v) is 4.32. The number of carbonyl (C=O) groups excluding carboxylic acids is 1. The fourth-order valence-electron chi connectivity index (χ4n) is 1.93. The lowest BCUT2D eigenvalue weighted by atomic mass is 9.93. The largest absolute Gasteiger partial charge is 0.457 e. The van der Waals surface area contributed by atoms with E-state index in [1.165, 1.54) is 0 Å². The number of aliphatic hydroxyl groups is 3. The molecule has 5 nitrogen and oxygen atoms in total. The second-order valence-corrected chi connectivity index (χ2v) is 3.78. The summed E-state index contributed by atoms with van der Waals surface area (Å²) in [6.45, 7) is 0. The predicted molar refractivity (Wildman–Crippen MR) is 40.7 cm³/mol. The Balaban J connectivity index is 2.31. The van der Waals surface area contributed by atoms with E-state index in [-0.39, 0.29) is 12.8 Å². The maximum atomic E-state index is 11.2. The third kappa shape index (κ3) is 1.23. The minimum Gasteiger partial charge on any atom is -0.457 e. The molecule has 4 unspecified atom stereocenters. The van der Waals surface area contributed by atoms with Gasteiger partial charge in [-0.15, -0.1) is 0 Å². The monoisotopic (exact) mass is 188 g/mol. The van der Waals surface area contributed by atoms with Gasteiger partial charge in [0.05, 0.1) is 6.10 Å². The quantitative estimate of drug-likeness (QED) is 0.405. The molecule has 0 aromatic heterocycles. The summed E-state index contributed by atoms with van der Waals surface area (Å²) in [6.07, 6.45) is -2.29. The molecule has 4 atom stereocenters. The van der Waals surface area contributed by atoms with Gasteiger partial charge in [0.1, 0.15) is 12.2 Å². The Kier molecular flexibility index (Phi) is 1.83. The first kappa shape index (κ1) is 8.93. The minimum absolute atomic E-state index is 0.135. The topological polar surface area (TPSA) is 87.0 Å². The van der Waals surface area contributed by atoms with Gasteiger partial charge < -0.3 is 20.1 Å². The molecule has 2 heterocycles. The highest BCUT2D eigenvalue weighted by molar-refractivity contribution is 5.80. The molecule has 3 aliphatic rings. The maximum Gasteiger partial charge on any atom is 0.338 e. The summed E-state index contributed by atoms with van der Waals surface area (Å²) in [5, 5.41) is 28.5. The van der Waals surface area contributed by atoms with Crippen LogP contribution in [0.5, 0.6) is 0 Å². The van der Waals surface area contributed by atoms with E-state index in [1.54, 1.807) is 0 Å². The zero-order valence-electron chi connectivity index (χ0n) is 7.01. The first-order valence-electron chi connectivity index (χ1n) is 4.32. The molecule has 2 saturated heterocycles. The SMILES string of the molecule is O=C1OC2CCC1(O)CC(O)C2O. The molecule has 0 aromatic carbocycles. The summed E-state index contributed by atoms with van der Waals surface area (Å²) < 4.78 is 4.80. The van der Waals surface area contributed by atoms with E-state index in [0.717, 1.165) is 0 Å². The number of aliphatic hydroxyl groups excluding tert-OH is 2. The number of esters is 1. The number of rotatable bonds is 0. The fourth-order valence-corrected chi connectivity index (χ4v) is 1.93. The van der Waals surface area contributed by atoms with Gasteiger partial charge in [0.25, 0.3) is 0 Å². The normalized spacial score (nSPS) is 50.1. The van der Waals surface area contributed by atoms with Crippen LogP contribution in [0.2, 0.25) is 0 Å². The van der Waals surface area contributed by atoms with E-state index < -0.39 is 29.9 Å². The van der Waals surface area contributed by atoms with E-state index in [4.69, 9.17) is 4.74 Å². The molecule has 2 aliphatic heterocycles. The van der Waals surface area contributed by atoms with Crippen LogP contribution in [0.25, 0.3) is 0 Å². The van der Waals surface area contributed by atoms with Crippen LogP contribution in [0.3, 0.4) is 0 Å². The van der Waals surface area contributed by atoms with Gasteiger partial charge in [-0.2, -0.15) is 0 Å². The van der Waals surface area contributed by atoms with Gasteiger partial charge in [0, 0.05) is 6.42 Å². The Bertz CT molecular complexity index is 241.